The summed E-state index contributed by atoms with van der Waals surface area (Å²) < 4.78 is 41.6. The van der Waals surface area contributed by atoms with Crippen LogP contribution in [-0.4, -0.2) is 54.5 Å². The predicted molar refractivity (Wildman–Crippen MR) is 80.3 cm³/mol. The number of amides is 2. The van der Waals surface area contributed by atoms with Gasteiger partial charge < -0.3 is 14.5 Å². The Morgan fingerprint density at radius 3 is 2.42 bits per heavy atom. The number of nitrogens with zero attached hydrogens (tertiary/aromatic N) is 2. The number of alkyl halides is 3. The van der Waals surface area contributed by atoms with Crippen molar-refractivity contribution in [3.05, 3.63) is 29.8 Å². The molecule has 0 aliphatic carbocycles. The molecule has 2 amide bonds. The number of halogens is 3. The summed E-state index contributed by atoms with van der Waals surface area (Å²) in [5, 5.41) is 0. The van der Waals surface area contributed by atoms with Gasteiger partial charge in [-0.15, -0.1) is 0 Å². The fraction of sp³-hybridized carbons (Fsp3) is 0.500. The number of methoxy groups -OCH3 is 1. The first-order valence-electron chi connectivity index (χ1n) is 7.54. The quantitative estimate of drug-likeness (QED) is 0.823. The lowest BCUT2D eigenvalue weighted by atomic mass is 10.1. The molecule has 0 bridgehead atoms. The van der Waals surface area contributed by atoms with E-state index in [4.69, 9.17) is 4.74 Å². The number of rotatable bonds is 5. The van der Waals surface area contributed by atoms with Crippen molar-refractivity contribution >= 4 is 11.8 Å². The molecule has 1 fully saturated rings. The van der Waals surface area contributed by atoms with Gasteiger partial charge in [-0.2, -0.15) is 13.2 Å². The highest BCUT2D eigenvalue weighted by Gasteiger charge is 2.31. The molecular weight excluding hydrogens is 325 g/mol. The minimum absolute atomic E-state index is 0.174. The molecule has 0 atom stereocenters. The van der Waals surface area contributed by atoms with Gasteiger partial charge in [-0.3, -0.25) is 9.59 Å². The fourth-order valence-electron chi connectivity index (χ4n) is 2.45. The summed E-state index contributed by atoms with van der Waals surface area (Å²) in [6.07, 6.45) is -6.14. The van der Waals surface area contributed by atoms with E-state index in [0.717, 1.165) is 5.56 Å². The van der Waals surface area contributed by atoms with Crippen LogP contribution in [0.15, 0.2) is 24.3 Å². The molecule has 0 unspecified atom stereocenters. The van der Waals surface area contributed by atoms with E-state index in [2.05, 4.69) is 0 Å². The van der Waals surface area contributed by atoms with Crippen molar-refractivity contribution in [1.29, 1.82) is 0 Å². The summed E-state index contributed by atoms with van der Waals surface area (Å²) in [6, 6.07) is 7.26. The van der Waals surface area contributed by atoms with E-state index in [1.807, 2.05) is 12.1 Å². The predicted octanol–water partition coefficient (Wildman–Crippen LogP) is 2.21. The lowest BCUT2D eigenvalue weighted by Gasteiger charge is -2.34. The van der Waals surface area contributed by atoms with Gasteiger partial charge in [0.05, 0.1) is 20.1 Å². The van der Waals surface area contributed by atoms with E-state index in [1.54, 1.807) is 24.1 Å². The lowest BCUT2D eigenvalue weighted by Crippen LogP contribution is -2.51. The van der Waals surface area contributed by atoms with Crippen LogP contribution in [0, 0.1) is 0 Å². The minimum atomic E-state index is -4.37. The Labute approximate surface area is 138 Å². The van der Waals surface area contributed by atoms with Crippen LogP contribution in [0.25, 0.3) is 0 Å². The van der Waals surface area contributed by atoms with Gasteiger partial charge >= 0.3 is 6.18 Å². The number of carbonyl (C=O) groups excluding carboxylic acids is 2. The van der Waals surface area contributed by atoms with E-state index in [1.165, 1.54) is 4.90 Å². The molecular formula is C16H19F3N2O3. The van der Waals surface area contributed by atoms with Gasteiger partial charge in [0.2, 0.25) is 11.8 Å². The molecule has 2 rings (SSSR count). The molecule has 1 saturated heterocycles. The van der Waals surface area contributed by atoms with Crippen LogP contribution in [0.5, 0.6) is 5.75 Å². The summed E-state index contributed by atoms with van der Waals surface area (Å²) in [6.45, 7) is 0.779. The summed E-state index contributed by atoms with van der Waals surface area (Å²) in [7, 11) is 1.56. The lowest BCUT2D eigenvalue weighted by molar-refractivity contribution is -0.153. The van der Waals surface area contributed by atoms with Crippen molar-refractivity contribution < 1.29 is 27.5 Å². The van der Waals surface area contributed by atoms with Crippen LogP contribution in [0.1, 0.15) is 18.4 Å². The Balaban J connectivity index is 1.85. The van der Waals surface area contributed by atoms with Crippen LogP contribution >= 0.6 is 0 Å². The second-order valence-corrected chi connectivity index (χ2v) is 5.59. The maximum Gasteiger partial charge on any atom is 0.389 e. The Hall–Kier alpha value is -2.25. The monoisotopic (exact) mass is 344 g/mol. The maximum absolute atomic E-state index is 12.2. The van der Waals surface area contributed by atoms with E-state index >= 15 is 0 Å². The van der Waals surface area contributed by atoms with Gasteiger partial charge in [-0.1, -0.05) is 12.1 Å². The molecule has 132 valence electrons. The number of piperazine rings is 1. The zero-order valence-corrected chi connectivity index (χ0v) is 13.3. The number of hydrogen-bond acceptors (Lipinski definition) is 3. The second-order valence-electron chi connectivity index (χ2n) is 5.59. The Morgan fingerprint density at radius 2 is 1.88 bits per heavy atom. The van der Waals surface area contributed by atoms with Gasteiger partial charge in [0.1, 0.15) is 5.75 Å². The zero-order chi connectivity index (χ0) is 17.7. The maximum atomic E-state index is 12.2. The highest BCUT2D eigenvalue weighted by atomic mass is 19.4. The molecule has 1 aliphatic rings. The van der Waals surface area contributed by atoms with E-state index in [0.29, 0.717) is 18.8 Å². The molecule has 0 radical (unpaired) electrons. The minimum Gasteiger partial charge on any atom is -0.497 e. The van der Waals surface area contributed by atoms with Crippen molar-refractivity contribution in [3.8, 4) is 5.75 Å². The average molecular weight is 344 g/mol. The van der Waals surface area contributed by atoms with Crippen molar-refractivity contribution in [1.82, 2.24) is 9.80 Å². The molecule has 0 aromatic heterocycles. The normalized spacial score (nSPS) is 15.6. The molecule has 0 N–H and O–H groups in total. The van der Waals surface area contributed by atoms with Crippen LogP contribution < -0.4 is 4.74 Å². The van der Waals surface area contributed by atoms with Crippen molar-refractivity contribution in [2.75, 3.05) is 26.7 Å². The molecule has 0 spiro atoms. The third-order valence-electron chi connectivity index (χ3n) is 3.83. The van der Waals surface area contributed by atoms with Gasteiger partial charge in [0, 0.05) is 26.1 Å². The van der Waals surface area contributed by atoms with Crippen LogP contribution in [0.3, 0.4) is 0 Å². The first-order chi connectivity index (χ1) is 11.3. The first kappa shape index (κ1) is 18.1. The van der Waals surface area contributed by atoms with Crippen molar-refractivity contribution in [2.24, 2.45) is 0 Å². The molecule has 5 nitrogen and oxygen atoms in total. The number of carbonyl (C=O) groups is 2. The van der Waals surface area contributed by atoms with Crippen LogP contribution in [-0.2, 0) is 16.1 Å². The van der Waals surface area contributed by atoms with Crippen molar-refractivity contribution in [2.45, 2.75) is 25.6 Å². The first-order valence-corrected chi connectivity index (χ1v) is 7.54. The molecule has 1 aliphatic heterocycles. The Kier molecular flexibility index (Phi) is 5.69. The highest BCUT2D eigenvalue weighted by Crippen LogP contribution is 2.22. The van der Waals surface area contributed by atoms with Gasteiger partial charge in [0.25, 0.3) is 0 Å². The van der Waals surface area contributed by atoms with E-state index in [9.17, 15) is 22.8 Å². The topological polar surface area (TPSA) is 49.9 Å². The zero-order valence-electron chi connectivity index (χ0n) is 13.3. The largest absolute Gasteiger partial charge is 0.497 e. The third kappa shape index (κ3) is 5.14. The third-order valence-corrected chi connectivity index (χ3v) is 3.83. The average Bonchev–Trinajstić information content (AvgIpc) is 2.54. The van der Waals surface area contributed by atoms with Crippen LogP contribution in [0.4, 0.5) is 13.2 Å². The molecule has 1 aromatic rings. The molecule has 24 heavy (non-hydrogen) atoms. The summed E-state index contributed by atoms with van der Waals surface area (Å²) >= 11 is 0. The molecule has 0 saturated carbocycles. The highest BCUT2D eigenvalue weighted by molar-refractivity contribution is 5.86. The standard InChI is InChI=1S/C16H19F3N2O3/c1-24-13-4-2-12(3-5-13)10-20-8-9-21(11-15(20)23)14(22)6-7-16(17,18)19/h2-5H,6-11H2,1H3. The summed E-state index contributed by atoms with van der Waals surface area (Å²) in [5.41, 5.74) is 0.918. The second kappa shape index (κ2) is 7.55. The molecule has 1 aromatic carbocycles. The van der Waals surface area contributed by atoms with E-state index < -0.39 is 24.9 Å². The number of ether oxygens (including phenoxy) is 1. The molecule has 1 heterocycles. The van der Waals surface area contributed by atoms with E-state index in [-0.39, 0.29) is 19.0 Å². The van der Waals surface area contributed by atoms with Gasteiger partial charge in [-0.25, -0.2) is 0 Å². The number of benzene rings is 1. The smallest absolute Gasteiger partial charge is 0.389 e. The SMILES string of the molecule is COc1ccc(CN2CCN(C(=O)CCC(F)(F)F)CC2=O)cc1. The number of hydrogen-bond donors (Lipinski definition) is 0. The fourth-order valence-corrected chi connectivity index (χ4v) is 2.45. The van der Waals surface area contributed by atoms with Crippen molar-refractivity contribution in [3.63, 3.8) is 0 Å². The summed E-state index contributed by atoms with van der Waals surface area (Å²) in [5.74, 6) is -0.188. The van der Waals surface area contributed by atoms with Crippen LogP contribution in [0.2, 0.25) is 0 Å². The van der Waals surface area contributed by atoms with Gasteiger partial charge in [-0.05, 0) is 17.7 Å². The van der Waals surface area contributed by atoms with Gasteiger partial charge in [0.15, 0.2) is 0 Å². The molecule has 8 heteroatoms. The Bertz CT molecular complexity index is 587. The Morgan fingerprint density at radius 1 is 1.21 bits per heavy atom. The summed E-state index contributed by atoms with van der Waals surface area (Å²) in [4.78, 5) is 26.7.